The zero-order chi connectivity index (χ0) is 19.2. The number of hydrogen-bond donors (Lipinski definition) is 0. The summed E-state index contributed by atoms with van der Waals surface area (Å²) in [6, 6.07) is 0.569. The Hall–Kier alpha value is -1.30. The number of rotatable bonds is 4. The van der Waals surface area contributed by atoms with Crippen molar-refractivity contribution in [3.63, 3.8) is 0 Å². The van der Waals surface area contributed by atoms with Crippen molar-refractivity contribution < 1.29 is 14.3 Å². The van der Waals surface area contributed by atoms with Gasteiger partial charge in [0.15, 0.2) is 0 Å². The fourth-order valence-corrected chi connectivity index (χ4v) is 5.25. The van der Waals surface area contributed by atoms with Crippen LogP contribution in [0, 0.1) is 11.8 Å². The maximum Gasteiger partial charge on any atom is 0.409 e. The summed E-state index contributed by atoms with van der Waals surface area (Å²) in [6.45, 7) is 10.0. The lowest BCUT2D eigenvalue weighted by Gasteiger charge is -2.42. The summed E-state index contributed by atoms with van der Waals surface area (Å²) in [6.07, 6.45) is 7.62. The number of amides is 2. The van der Waals surface area contributed by atoms with Crippen LogP contribution in [0.25, 0.3) is 0 Å². The summed E-state index contributed by atoms with van der Waals surface area (Å²) >= 11 is 0. The summed E-state index contributed by atoms with van der Waals surface area (Å²) < 4.78 is 5.16. The quantitative estimate of drug-likeness (QED) is 0.754. The second-order valence-electron chi connectivity index (χ2n) is 8.31. The van der Waals surface area contributed by atoms with Crippen molar-refractivity contribution in [1.82, 2.24) is 14.7 Å². The van der Waals surface area contributed by atoms with Crippen molar-refractivity contribution in [3.8, 4) is 0 Å². The summed E-state index contributed by atoms with van der Waals surface area (Å²) in [5, 5.41) is 0. The van der Waals surface area contributed by atoms with Crippen LogP contribution in [0.2, 0.25) is 0 Å². The lowest BCUT2D eigenvalue weighted by atomic mass is 9.78. The molecule has 2 unspecified atom stereocenters. The Labute approximate surface area is 164 Å². The molecule has 0 aromatic carbocycles. The molecule has 6 heteroatoms. The molecular formula is C21H37N3O3. The van der Waals surface area contributed by atoms with E-state index in [1.54, 1.807) is 0 Å². The number of piperidine rings is 2. The molecule has 2 amide bonds. The van der Waals surface area contributed by atoms with E-state index >= 15 is 0 Å². The van der Waals surface area contributed by atoms with Gasteiger partial charge in [-0.15, -0.1) is 0 Å². The largest absolute Gasteiger partial charge is 0.450 e. The highest BCUT2D eigenvalue weighted by Crippen LogP contribution is 2.34. The van der Waals surface area contributed by atoms with Crippen LogP contribution < -0.4 is 0 Å². The van der Waals surface area contributed by atoms with E-state index < -0.39 is 0 Å². The lowest BCUT2D eigenvalue weighted by Crippen LogP contribution is -2.48. The second-order valence-corrected chi connectivity index (χ2v) is 8.31. The first-order chi connectivity index (χ1) is 13.1. The van der Waals surface area contributed by atoms with E-state index in [4.69, 9.17) is 4.74 Å². The highest BCUT2D eigenvalue weighted by molar-refractivity contribution is 5.79. The van der Waals surface area contributed by atoms with Crippen LogP contribution in [0.5, 0.6) is 0 Å². The van der Waals surface area contributed by atoms with Crippen LogP contribution in [0.3, 0.4) is 0 Å². The zero-order valence-electron chi connectivity index (χ0n) is 17.2. The van der Waals surface area contributed by atoms with E-state index in [9.17, 15) is 9.59 Å². The molecule has 154 valence electrons. The van der Waals surface area contributed by atoms with Crippen molar-refractivity contribution >= 4 is 12.0 Å². The van der Waals surface area contributed by atoms with Crippen molar-refractivity contribution in [3.05, 3.63) is 0 Å². The molecule has 0 aromatic rings. The van der Waals surface area contributed by atoms with Crippen molar-refractivity contribution in [2.24, 2.45) is 11.8 Å². The fraction of sp³-hybridized carbons (Fsp3) is 0.905. The van der Waals surface area contributed by atoms with E-state index in [-0.39, 0.29) is 12.0 Å². The molecular weight excluding hydrogens is 342 g/mol. The molecule has 0 aromatic heterocycles. The van der Waals surface area contributed by atoms with Gasteiger partial charge in [0.25, 0.3) is 0 Å². The molecule has 27 heavy (non-hydrogen) atoms. The Kier molecular flexibility index (Phi) is 7.39. The molecule has 3 rings (SSSR count). The second kappa shape index (κ2) is 9.76. The Morgan fingerprint density at radius 2 is 1.70 bits per heavy atom. The molecule has 3 aliphatic rings. The van der Waals surface area contributed by atoms with Crippen LogP contribution in [0.15, 0.2) is 0 Å². The molecule has 0 saturated carbocycles. The third-order valence-electron chi connectivity index (χ3n) is 6.84. The Balaban J connectivity index is 1.48. The Morgan fingerprint density at radius 3 is 2.41 bits per heavy atom. The molecule has 0 radical (unpaired) electrons. The fourth-order valence-electron chi connectivity index (χ4n) is 5.25. The molecule has 3 saturated heterocycles. The summed E-state index contributed by atoms with van der Waals surface area (Å²) in [5.74, 6) is 1.22. The molecule has 3 heterocycles. The Morgan fingerprint density at radius 1 is 0.963 bits per heavy atom. The minimum Gasteiger partial charge on any atom is -0.450 e. The van der Waals surface area contributed by atoms with E-state index in [1.165, 1.54) is 0 Å². The van der Waals surface area contributed by atoms with Gasteiger partial charge in [-0.3, -0.25) is 4.79 Å². The van der Waals surface area contributed by atoms with E-state index in [2.05, 4.69) is 16.7 Å². The highest BCUT2D eigenvalue weighted by atomic mass is 16.6. The van der Waals surface area contributed by atoms with Gasteiger partial charge in [-0.1, -0.05) is 0 Å². The first kappa shape index (κ1) is 20.4. The molecule has 2 atom stereocenters. The van der Waals surface area contributed by atoms with Gasteiger partial charge >= 0.3 is 6.09 Å². The molecule has 0 spiro atoms. The van der Waals surface area contributed by atoms with Crippen molar-refractivity contribution in [2.45, 2.75) is 64.8 Å². The minimum atomic E-state index is -0.159. The normalized spacial score (nSPS) is 28.9. The molecule has 3 aliphatic heterocycles. The predicted octanol–water partition coefficient (Wildman–Crippen LogP) is 2.97. The summed E-state index contributed by atoms with van der Waals surface area (Å²) in [4.78, 5) is 31.2. The maximum atomic E-state index is 12.7. The van der Waals surface area contributed by atoms with Gasteiger partial charge in [0.05, 0.1) is 6.61 Å². The number of hydrogen-bond acceptors (Lipinski definition) is 4. The monoisotopic (exact) mass is 379 g/mol. The van der Waals surface area contributed by atoms with E-state index in [1.807, 2.05) is 11.8 Å². The van der Waals surface area contributed by atoms with Gasteiger partial charge in [-0.05, 0) is 77.8 Å². The van der Waals surface area contributed by atoms with Gasteiger partial charge in [0.1, 0.15) is 0 Å². The lowest BCUT2D eigenvalue weighted by molar-refractivity contribution is -0.141. The summed E-state index contributed by atoms with van der Waals surface area (Å²) in [7, 11) is 0. The highest BCUT2D eigenvalue weighted by Gasteiger charge is 2.37. The number of carbonyl (C=O) groups excluding carboxylic acids is 2. The molecule has 6 nitrogen and oxygen atoms in total. The standard InChI is InChI=1S/C21H37N3O3/c1-3-22-12-6-8-19(20(22)25)17-9-14-23(15-10-17)18-7-5-13-24(16-11-18)21(26)27-4-2/h17-19H,3-16H2,1-2H3. The number of likely N-dealkylation sites (tertiary alicyclic amines) is 3. The first-order valence-electron chi connectivity index (χ1n) is 11.1. The van der Waals surface area contributed by atoms with Crippen molar-refractivity contribution in [1.29, 1.82) is 0 Å². The minimum absolute atomic E-state index is 0.159. The number of carbonyl (C=O) groups is 2. The van der Waals surface area contributed by atoms with Crippen LogP contribution >= 0.6 is 0 Å². The predicted molar refractivity (Wildman–Crippen MR) is 106 cm³/mol. The van der Waals surface area contributed by atoms with Gasteiger partial charge in [-0.2, -0.15) is 0 Å². The van der Waals surface area contributed by atoms with E-state index in [0.717, 1.165) is 84.2 Å². The topological polar surface area (TPSA) is 53.1 Å². The van der Waals surface area contributed by atoms with Crippen LogP contribution in [-0.2, 0) is 9.53 Å². The maximum absolute atomic E-state index is 12.7. The number of nitrogens with zero attached hydrogens (tertiary/aromatic N) is 3. The zero-order valence-corrected chi connectivity index (χ0v) is 17.2. The molecule has 0 N–H and O–H groups in total. The first-order valence-corrected chi connectivity index (χ1v) is 11.1. The van der Waals surface area contributed by atoms with Crippen LogP contribution in [-0.4, -0.2) is 78.6 Å². The SMILES string of the molecule is CCOC(=O)N1CCCC(N2CCC(C3CCCN(CC)C3=O)CC2)CC1. The van der Waals surface area contributed by atoms with Crippen LogP contribution in [0.1, 0.15) is 58.8 Å². The average molecular weight is 380 g/mol. The summed E-state index contributed by atoms with van der Waals surface area (Å²) in [5.41, 5.74) is 0. The molecule has 0 aliphatic carbocycles. The number of ether oxygens (including phenoxy) is 1. The average Bonchev–Trinajstić information content (AvgIpc) is 2.95. The van der Waals surface area contributed by atoms with Crippen LogP contribution in [0.4, 0.5) is 4.79 Å². The van der Waals surface area contributed by atoms with Gasteiger partial charge in [-0.25, -0.2) is 4.79 Å². The Bertz CT molecular complexity index is 505. The smallest absolute Gasteiger partial charge is 0.409 e. The van der Waals surface area contributed by atoms with Gasteiger partial charge < -0.3 is 19.4 Å². The molecule has 0 bridgehead atoms. The van der Waals surface area contributed by atoms with Gasteiger partial charge in [0, 0.05) is 38.1 Å². The third-order valence-corrected chi connectivity index (χ3v) is 6.84. The molecule has 3 fully saturated rings. The van der Waals surface area contributed by atoms with Gasteiger partial charge in [0.2, 0.25) is 5.91 Å². The third kappa shape index (κ3) is 4.95. The van der Waals surface area contributed by atoms with E-state index in [0.29, 0.717) is 24.5 Å². The van der Waals surface area contributed by atoms with Crippen molar-refractivity contribution in [2.75, 3.05) is 45.9 Å².